The summed E-state index contributed by atoms with van der Waals surface area (Å²) in [6.45, 7) is 9.58. The van der Waals surface area contributed by atoms with Gasteiger partial charge in [-0.05, 0) is 53.4 Å². The first-order chi connectivity index (χ1) is 11.0. The van der Waals surface area contributed by atoms with E-state index in [0.29, 0.717) is 6.61 Å². The quantitative estimate of drug-likeness (QED) is 0.264. The molecule has 0 aliphatic rings. The van der Waals surface area contributed by atoms with E-state index in [-0.39, 0.29) is 29.5 Å². The molecule has 0 saturated carbocycles. The van der Waals surface area contributed by atoms with E-state index in [1.165, 1.54) is 0 Å². The second-order valence-electron chi connectivity index (χ2n) is 6.34. The summed E-state index contributed by atoms with van der Waals surface area (Å²) in [7, 11) is 4.16. The minimum atomic E-state index is 0. The highest BCUT2D eigenvalue weighted by atomic mass is 127. The second kappa shape index (κ2) is 12.4. The number of likely N-dealkylation sites (N-methyl/N-ethyl adjacent to an activating group) is 1. The van der Waals surface area contributed by atoms with Crippen LogP contribution in [0.3, 0.4) is 0 Å². The Hall–Kier alpha value is -1.02. The molecule has 0 aliphatic heterocycles. The van der Waals surface area contributed by atoms with Gasteiger partial charge in [0, 0.05) is 18.6 Å². The molecule has 24 heavy (non-hydrogen) atoms. The average molecular weight is 448 g/mol. The van der Waals surface area contributed by atoms with Crippen LogP contribution in [0.15, 0.2) is 35.3 Å². The molecule has 0 aliphatic carbocycles. The lowest BCUT2D eigenvalue weighted by atomic mass is 10.1. The third kappa shape index (κ3) is 9.32. The van der Waals surface area contributed by atoms with Crippen LogP contribution in [0.4, 0.5) is 0 Å². The molecule has 6 heteroatoms. The van der Waals surface area contributed by atoms with Gasteiger partial charge in [-0.2, -0.15) is 0 Å². The molecule has 2 N–H and O–H groups in total. The highest BCUT2D eigenvalue weighted by molar-refractivity contribution is 14.0. The summed E-state index contributed by atoms with van der Waals surface area (Å²) in [6, 6.07) is 9.90. The van der Waals surface area contributed by atoms with Gasteiger partial charge in [0.15, 0.2) is 5.96 Å². The van der Waals surface area contributed by atoms with E-state index in [2.05, 4.69) is 55.4 Å². The number of nitrogens with one attached hydrogen (secondary N) is 2. The van der Waals surface area contributed by atoms with Crippen LogP contribution in [0.2, 0.25) is 0 Å². The molecular weight excluding hydrogens is 415 g/mol. The van der Waals surface area contributed by atoms with E-state index in [9.17, 15) is 0 Å². The normalized spacial score (nSPS) is 11.8. The van der Waals surface area contributed by atoms with E-state index >= 15 is 0 Å². The number of ether oxygens (including phenoxy) is 1. The number of nitrogens with zero attached hydrogens (tertiary/aromatic N) is 2. The van der Waals surface area contributed by atoms with Crippen molar-refractivity contribution >= 4 is 29.9 Å². The first-order valence-electron chi connectivity index (χ1n) is 8.33. The van der Waals surface area contributed by atoms with Crippen LogP contribution in [-0.4, -0.2) is 56.7 Å². The summed E-state index contributed by atoms with van der Waals surface area (Å²) in [4.78, 5) is 6.86. The maximum absolute atomic E-state index is 5.69. The van der Waals surface area contributed by atoms with Crippen molar-refractivity contribution < 1.29 is 4.74 Å². The largest absolute Gasteiger partial charge is 0.494 e. The van der Waals surface area contributed by atoms with E-state index in [4.69, 9.17) is 4.74 Å². The van der Waals surface area contributed by atoms with Gasteiger partial charge in [-0.1, -0.05) is 18.2 Å². The summed E-state index contributed by atoms with van der Waals surface area (Å²) >= 11 is 0. The van der Waals surface area contributed by atoms with Gasteiger partial charge in [0.25, 0.3) is 0 Å². The first kappa shape index (κ1) is 23.0. The number of para-hydroxylation sites is 1. The van der Waals surface area contributed by atoms with Crippen LogP contribution in [0.5, 0.6) is 5.75 Å². The number of hydrogen-bond donors (Lipinski definition) is 2. The van der Waals surface area contributed by atoms with Crippen molar-refractivity contribution in [2.24, 2.45) is 4.99 Å². The standard InChI is InChI=1S/C18H32N4O.HI/c1-6-19-17(21-15-18(2,3)22(4)5)20-13-10-14-23-16-11-8-7-9-12-16;/h7-9,11-12H,6,10,13-15H2,1-5H3,(H2,19,20,21);1H. The van der Waals surface area contributed by atoms with Crippen molar-refractivity contribution in [3.05, 3.63) is 30.3 Å². The fraction of sp³-hybridized carbons (Fsp3) is 0.611. The van der Waals surface area contributed by atoms with E-state index in [1.54, 1.807) is 0 Å². The van der Waals surface area contributed by atoms with Crippen LogP contribution in [0.1, 0.15) is 27.2 Å². The number of hydrogen-bond acceptors (Lipinski definition) is 3. The number of halogens is 1. The molecule has 1 rings (SSSR count). The van der Waals surface area contributed by atoms with Gasteiger partial charge >= 0.3 is 0 Å². The maximum Gasteiger partial charge on any atom is 0.191 e. The Labute approximate surface area is 164 Å². The number of aliphatic imine (C=N–C) groups is 1. The smallest absolute Gasteiger partial charge is 0.191 e. The third-order valence-corrected chi connectivity index (χ3v) is 3.80. The Morgan fingerprint density at radius 2 is 1.83 bits per heavy atom. The van der Waals surface area contributed by atoms with Gasteiger partial charge in [0.2, 0.25) is 0 Å². The molecule has 0 aromatic heterocycles. The lowest BCUT2D eigenvalue weighted by Crippen LogP contribution is -2.44. The van der Waals surface area contributed by atoms with Gasteiger partial charge in [-0.25, -0.2) is 0 Å². The summed E-state index contributed by atoms with van der Waals surface area (Å²) in [5.41, 5.74) is 0.0404. The van der Waals surface area contributed by atoms with Crippen molar-refractivity contribution in [2.75, 3.05) is 40.3 Å². The van der Waals surface area contributed by atoms with Gasteiger partial charge in [-0.3, -0.25) is 4.99 Å². The minimum absolute atomic E-state index is 0. The second-order valence-corrected chi connectivity index (χ2v) is 6.34. The lowest BCUT2D eigenvalue weighted by molar-refractivity contribution is 0.204. The topological polar surface area (TPSA) is 48.9 Å². The summed E-state index contributed by atoms with van der Waals surface area (Å²) < 4.78 is 5.69. The van der Waals surface area contributed by atoms with E-state index in [0.717, 1.165) is 37.8 Å². The monoisotopic (exact) mass is 448 g/mol. The van der Waals surface area contributed by atoms with Gasteiger partial charge in [-0.15, -0.1) is 24.0 Å². The van der Waals surface area contributed by atoms with Crippen LogP contribution >= 0.6 is 24.0 Å². The van der Waals surface area contributed by atoms with Crippen LogP contribution in [0, 0.1) is 0 Å². The fourth-order valence-electron chi connectivity index (χ4n) is 1.74. The van der Waals surface area contributed by atoms with Crippen LogP contribution < -0.4 is 15.4 Å². The van der Waals surface area contributed by atoms with Crippen LogP contribution in [-0.2, 0) is 0 Å². The van der Waals surface area contributed by atoms with Crippen molar-refractivity contribution in [1.82, 2.24) is 15.5 Å². The molecular formula is C18H33IN4O. The van der Waals surface area contributed by atoms with Gasteiger partial charge in [0.05, 0.1) is 13.2 Å². The Balaban J connectivity index is 0.00000529. The predicted molar refractivity (Wildman–Crippen MR) is 114 cm³/mol. The number of rotatable bonds is 9. The van der Waals surface area contributed by atoms with Crippen molar-refractivity contribution in [3.8, 4) is 5.75 Å². The molecule has 5 nitrogen and oxygen atoms in total. The molecule has 0 radical (unpaired) electrons. The Bertz CT molecular complexity index is 463. The zero-order chi connectivity index (χ0) is 17.1. The third-order valence-electron chi connectivity index (χ3n) is 3.80. The fourth-order valence-corrected chi connectivity index (χ4v) is 1.74. The molecule has 0 unspecified atom stereocenters. The molecule has 1 aromatic carbocycles. The Morgan fingerprint density at radius 1 is 1.17 bits per heavy atom. The molecule has 138 valence electrons. The molecule has 0 atom stereocenters. The number of benzene rings is 1. The zero-order valence-electron chi connectivity index (χ0n) is 15.6. The zero-order valence-corrected chi connectivity index (χ0v) is 18.0. The molecule has 0 heterocycles. The van der Waals surface area contributed by atoms with E-state index in [1.807, 2.05) is 30.3 Å². The highest BCUT2D eigenvalue weighted by Crippen LogP contribution is 2.10. The molecule has 0 bridgehead atoms. The predicted octanol–water partition coefficient (Wildman–Crippen LogP) is 2.97. The Kier molecular flexibility index (Phi) is 11.8. The van der Waals surface area contributed by atoms with Gasteiger partial charge < -0.3 is 20.3 Å². The van der Waals surface area contributed by atoms with E-state index < -0.39 is 0 Å². The van der Waals surface area contributed by atoms with Crippen molar-refractivity contribution in [3.63, 3.8) is 0 Å². The maximum atomic E-state index is 5.69. The molecule has 0 saturated heterocycles. The Morgan fingerprint density at radius 3 is 2.42 bits per heavy atom. The summed E-state index contributed by atoms with van der Waals surface area (Å²) in [5, 5.41) is 6.64. The number of guanidine groups is 1. The molecule has 0 spiro atoms. The van der Waals surface area contributed by atoms with Crippen molar-refractivity contribution in [2.45, 2.75) is 32.7 Å². The van der Waals surface area contributed by atoms with Crippen LogP contribution in [0.25, 0.3) is 0 Å². The summed E-state index contributed by atoms with van der Waals surface area (Å²) in [5.74, 6) is 1.78. The van der Waals surface area contributed by atoms with Gasteiger partial charge in [0.1, 0.15) is 5.75 Å². The molecule has 0 amide bonds. The molecule has 0 fully saturated rings. The highest BCUT2D eigenvalue weighted by Gasteiger charge is 2.19. The summed E-state index contributed by atoms with van der Waals surface area (Å²) in [6.07, 6.45) is 0.927. The lowest BCUT2D eigenvalue weighted by Gasteiger charge is -2.31. The SMILES string of the molecule is CCNC(=NCC(C)(C)N(C)C)NCCCOc1ccccc1.I. The average Bonchev–Trinajstić information content (AvgIpc) is 2.53. The molecule has 1 aromatic rings. The minimum Gasteiger partial charge on any atom is -0.494 e. The first-order valence-corrected chi connectivity index (χ1v) is 8.33. The van der Waals surface area contributed by atoms with Crippen molar-refractivity contribution in [1.29, 1.82) is 0 Å².